The molecule has 1 N–H and O–H groups in total. The SMILES string of the molecule is COc1cc2c(cc1OC)-c1c(-c3ccccc3)sc(=N)n1CC2. The molecule has 0 saturated carbocycles. The number of aryl methyl sites for hydroxylation is 1. The number of methoxy groups -OCH3 is 2. The number of ether oxygens (including phenoxy) is 2. The maximum absolute atomic E-state index is 8.36. The molecule has 0 atom stereocenters. The molecule has 1 aliphatic rings. The third-order valence-electron chi connectivity index (χ3n) is 4.43. The van der Waals surface area contributed by atoms with Crippen LogP contribution in [0.5, 0.6) is 11.5 Å². The van der Waals surface area contributed by atoms with Crippen molar-refractivity contribution in [3.63, 3.8) is 0 Å². The monoisotopic (exact) mass is 338 g/mol. The summed E-state index contributed by atoms with van der Waals surface area (Å²) >= 11 is 1.53. The van der Waals surface area contributed by atoms with Gasteiger partial charge in [-0.25, -0.2) is 0 Å². The first kappa shape index (κ1) is 15.0. The molecule has 2 heterocycles. The molecule has 2 aromatic carbocycles. The van der Waals surface area contributed by atoms with Crippen LogP contribution in [0.25, 0.3) is 21.7 Å². The summed E-state index contributed by atoms with van der Waals surface area (Å²) in [5.41, 5.74) is 4.63. The summed E-state index contributed by atoms with van der Waals surface area (Å²) in [6.07, 6.45) is 0.893. The van der Waals surface area contributed by atoms with Crippen molar-refractivity contribution in [2.45, 2.75) is 13.0 Å². The van der Waals surface area contributed by atoms with E-state index in [-0.39, 0.29) is 0 Å². The van der Waals surface area contributed by atoms with Gasteiger partial charge in [0.1, 0.15) is 0 Å². The van der Waals surface area contributed by atoms with E-state index >= 15 is 0 Å². The van der Waals surface area contributed by atoms with Gasteiger partial charge in [0.25, 0.3) is 0 Å². The molecule has 122 valence electrons. The third-order valence-corrected chi connectivity index (χ3v) is 5.48. The standard InChI is InChI=1S/C19H18N2O2S/c1-22-15-10-13-8-9-21-17(14(13)11-16(15)23-2)18(24-19(21)20)12-6-4-3-5-7-12/h3-7,10-11,20H,8-9H2,1-2H3. The maximum atomic E-state index is 8.36. The van der Waals surface area contributed by atoms with Crippen LogP contribution in [0.15, 0.2) is 42.5 Å². The van der Waals surface area contributed by atoms with Crippen LogP contribution in [-0.2, 0) is 13.0 Å². The van der Waals surface area contributed by atoms with Crippen molar-refractivity contribution in [2.24, 2.45) is 0 Å². The second-order valence-electron chi connectivity index (χ2n) is 5.72. The largest absolute Gasteiger partial charge is 0.493 e. The zero-order valence-electron chi connectivity index (χ0n) is 13.6. The van der Waals surface area contributed by atoms with Crippen molar-refractivity contribution in [1.29, 1.82) is 5.41 Å². The van der Waals surface area contributed by atoms with Gasteiger partial charge in [-0.2, -0.15) is 0 Å². The van der Waals surface area contributed by atoms with Crippen molar-refractivity contribution in [2.75, 3.05) is 14.2 Å². The zero-order valence-corrected chi connectivity index (χ0v) is 14.4. The van der Waals surface area contributed by atoms with E-state index in [2.05, 4.69) is 22.8 Å². The fourth-order valence-electron chi connectivity index (χ4n) is 3.27. The molecular formula is C19H18N2O2S. The van der Waals surface area contributed by atoms with Gasteiger partial charge in [0.15, 0.2) is 16.3 Å². The lowest BCUT2D eigenvalue weighted by Crippen LogP contribution is -2.20. The van der Waals surface area contributed by atoms with Crippen LogP contribution in [0.3, 0.4) is 0 Å². The molecule has 3 aromatic rings. The van der Waals surface area contributed by atoms with Crippen LogP contribution in [0.2, 0.25) is 0 Å². The van der Waals surface area contributed by atoms with E-state index in [0.717, 1.165) is 46.2 Å². The highest BCUT2D eigenvalue weighted by Crippen LogP contribution is 2.43. The number of nitrogens with one attached hydrogen (secondary N) is 1. The number of aromatic nitrogens is 1. The third kappa shape index (κ3) is 2.24. The maximum Gasteiger partial charge on any atom is 0.182 e. The Morgan fingerprint density at radius 1 is 1.04 bits per heavy atom. The molecule has 1 aromatic heterocycles. The fourth-order valence-corrected chi connectivity index (χ4v) is 4.33. The van der Waals surface area contributed by atoms with Crippen molar-refractivity contribution >= 4 is 11.3 Å². The molecule has 0 unspecified atom stereocenters. The van der Waals surface area contributed by atoms with Crippen LogP contribution in [0.4, 0.5) is 0 Å². The second kappa shape index (κ2) is 5.83. The van der Waals surface area contributed by atoms with Crippen molar-refractivity contribution < 1.29 is 9.47 Å². The van der Waals surface area contributed by atoms with Crippen LogP contribution >= 0.6 is 11.3 Å². The van der Waals surface area contributed by atoms with Gasteiger partial charge in [-0.1, -0.05) is 41.7 Å². The first-order valence-electron chi connectivity index (χ1n) is 7.82. The lowest BCUT2D eigenvalue weighted by molar-refractivity contribution is 0.354. The van der Waals surface area contributed by atoms with Gasteiger partial charge < -0.3 is 14.0 Å². The van der Waals surface area contributed by atoms with Gasteiger partial charge in [0.05, 0.1) is 24.8 Å². The van der Waals surface area contributed by atoms with E-state index < -0.39 is 0 Å². The van der Waals surface area contributed by atoms with E-state index in [4.69, 9.17) is 14.9 Å². The number of hydrogen-bond acceptors (Lipinski definition) is 4. The summed E-state index contributed by atoms with van der Waals surface area (Å²) in [4.78, 5) is 1.72. The minimum atomic E-state index is 0.587. The molecule has 0 bridgehead atoms. The van der Waals surface area contributed by atoms with Gasteiger partial charge in [-0.15, -0.1) is 0 Å². The lowest BCUT2D eigenvalue weighted by atomic mass is 9.95. The summed E-state index contributed by atoms with van der Waals surface area (Å²) < 4.78 is 13.0. The van der Waals surface area contributed by atoms with Gasteiger partial charge in [0.2, 0.25) is 0 Å². The number of benzene rings is 2. The number of fused-ring (bicyclic) bond motifs is 3. The van der Waals surface area contributed by atoms with Crippen LogP contribution in [-0.4, -0.2) is 18.8 Å². The number of rotatable bonds is 3. The molecule has 0 saturated heterocycles. The molecule has 1 aliphatic heterocycles. The zero-order chi connectivity index (χ0) is 16.7. The summed E-state index contributed by atoms with van der Waals surface area (Å²) in [5.74, 6) is 1.48. The average Bonchev–Trinajstić information content (AvgIpc) is 2.98. The number of hydrogen-bond donors (Lipinski definition) is 1. The fraction of sp³-hybridized carbons (Fsp3) is 0.211. The van der Waals surface area contributed by atoms with Crippen LogP contribution in [0.1, 0.15) is 5.56 Å². The van der Waals surface area contributed by atoms with Gasteiger partial charge in [-0.05, 0) is 29.7 Å². The molecule has 24 heavy (non-hydrogen) atoms. The minimum Gasteiger partial charge on any atom is -0.493 e. The summed E-state index contributed by atoms with van der Waals surface area (Å²) in [5, 5.41) is 8.36. The molecule has 0 aliphatic carbocycles. The highest BCUT2D eigenvalue weighted by Gasteiger charge is 2.24. The number of nitrogens with zero attached hydrogens (tertiary/aromatic N) is 1. The molecular weight excluding hydrogens is 320 g/mol. The van der Waals surface area contributed by atoms with Crippen LogP contribution < -0.4 is 14.3 Å². The Bertz CT molecular complexity index is 957. The van der Waals surface area contributed by atoms with E-state index in [1.807, 2.05) is 24.3 Å². The van der Waals surface area contributed by atoms with E-state index in [1.54, 1.807) is 14.2 Å². The predicted molar refractivity (Wildman–Crippen MR) is 95.8 cm³/mol. The quantitative estimate of drug-likeness (QED) is 0.786. The Kier molecular flexibility index (Phi) is 3.65. The first-order chi connectivity index (χ1) is 11.7. The Balaban J connectivity index is 2.00. The van der Waals surface area contributed by atoms with E-state index in [1.165, 1.54) is 16.9 Å². The van der Waals surface area contributed by atoms with E-state index in [9.17, 15) is 0 Å². The Labute approximate surface area is 144 Å². The Hall–Kier alpha value is -2.53. The van der Waals surface area contributed by atoms with Crippen molar-refractivity contribution in [1.82, 2.24) is 4.57 Å². The minimum absolute atomic E-state index is 0.587. The smallest absolute Gasteiger partial charge is 0.182 e. The summed E-state index contributed by atoms with van der Waals surface area (Å²) in [7, 11) is 3.32. The summed E-state index contributed by atoms with van der Waals surface area (Å²) in [6, 6.07) is 14.4. The van der Waals surface area contributed by atoms with Gasteiger partial charge in [-0.3, -0.25) is 5.41 Å². The number of thiazole rings is 1. The topological polar surface area (TPSA) is 47.2 Å². The van der Waals surface area contributed by atoms with Crippen molar-refractivity contribution in [3.8, 4) is 33.2 Å². The molecule has 4 rings (SSSR count). The second-order valence-corrected chi connectivity index (χ2v) is 6.72. The average molecular weight is 338 g/mol. The predicted octanol–water partition coefficient (Wildman–Crippen LogP) is 3.94. The van der Waals surface area contributed by atoms with Gasteiger partial charge >= 0.3 is 0 Å². The molecule has 5 heteroatoms. The highest BCUT2D eigenvalue weighted by atomic mass is 32.1. The van der Waals surface area contributed by atoms with E-state index in [0.29, 0.717) is 4.80 Å². The van der Waals surface area contributed by atoms with Gasteiger partial charge in [0, 0.05) is 12.1 Å². The molecule has 0 radical (unpaired) electrons. The van der Waals surface area contributed by atoms with Crippen LogP contribution in [0, 0.1) is 5.41 Å². The highest BCUT2D eigenvalue weighted by molar-refractivity contribution is 7.13. The first-order valence-corrected chi connectivity index (χ1v) is 8.63. The summed E-state index contributed by atoms with van der Waals surface area (Å²) in [6.45, 7) is 0.819. The molecule has 0 spiro atoms. The van der Waals surface area contributed by atoms with Crippen molar-refractivity contribution in [3.05, 3.63) is 52.8 Å². The normalized spacial score (nSPS) is 12.4. The Morgan fingerprint density at radius 3 is 2.46 bits per heavy atom. The molecule has 0 fully saturated rings. The Morgan fingerprint density at radius 2 is 1.75 bits per heavy atom. The lowest BCUT2D eigenvalue weighted by Gasteiger charge is -2.22. The molecule has 4 nitrogen and oxygen atoms in total. The molecule has 0 amide bonds.